The number of carboxylic acids is 1. The number of methoxy groups -OCH3 is 1. The van der Waals surface area contributed by atoms with Crippen LogP contribution in [0.5, 0.6) is 0 Å². The minimum Gasteiger partial charge on any atom is -0.481 e. The Hall–Kier alpha value is -1.06. The van der Waals surface area contributed by atoms with Gasteiger partial charge in [0.25, 0.3) is 0 Å². The molecule has 122 valence electrons. The van der Waals surface area contributed by atoms with Gasteiger partial charge in [-0.3, -0.25) is 9.59 Å². The van der Waals surface area contributed by atoms with Crippen molar-refractivity contribution in [3.8, 4) is 0 Å². The van der Waals surface area contributed by atoms with Gasteiger partial charge in [-0.05, 0) is 37.5 Å². The van der Waals surface area contributed by atoms with Crippen molar-refractivity contribution in [2.75, 3.05) is 7.11 Å². The Morgan fingerprint density at radius 1 is 0.857 bits per heavy atom. The molecule has 0 aromatic rings. The second kappa shape index (κ2) is 10.6. The molecule has 0 heterocycles. The Balaban J connectivity index is 0.000000211. The molecule has 21 heavy (non-hydrogen) atoms. The maximum absolute atomic E-state index is 10.9. The maximum Gasteiger partial charge on any atom is 0.305 e. The molecule has 0 radical (unpaired) electrons. The summed E-state index contributed by atoms with van der Waals surface area (Å²) < 4.78 is 4.61. The fraction of sp³-hybridized carbons (Fsp3) is 0.882. The molecule has 2 saturated carbocycles. The van der Waals surface area contributed by atoms with Crippen LogP contribution in [0.25, 0.3) is 0 Å². The van der Waals surface area contributed by atoms with E-state index in [0.29, 0.717) is 24.7 Å². The van der Waals surface area contributed by atoms with Crippen LogP contribution in [0, 0.1) is 11.8 Å². The van der Waals surface area contributed by atoms with Crippen LogP contribution in [0.1, 0.15) is 77.0 Å². The zero-order valence-corrected chi connectivity index (χ0v) is 13.3. The Morgan fingerprint density at radius 3 is 1.67 bits per heavy atom. The van der Waals surface area contributed by atoms with Crippen molar-refractivity contribution in [2.24, 2.45) is 11.8 Å². The first-order valence-corrected chi connectivity index (χ1v) is 8.40. The van der Waals surface area contributed by atoms with Crippen LogP contribution in [0.4, 0.5) is 0 Å². The van der Waals surface area contributed by atoms with E-state index >= 15 is 0 Å². The predicted octanol–water partition coefficient (Wildman–Crippen LogP) is 4.17. The third kappa shape index (κ3) is 8.74. The maximum atomic E-state index is 10.9. The van der Waals surface area contributed by atoms with Crippen molar-refractivity contribution in [1.29, 1.82) is 0 Å². The summed E-state index contributed by atoms with van der Waals surface area (Å²) >= 11 is 0. The smallest absolute Gasteiger partial charge is 0.305 e. The van der Waals surface area contributed by atoms with Gasteiger partial charge in [0.15, 0.2) is 0 Å². The Kier molecular flexibility index (Phi) is 9.11. The largest absolute Gasteiger partial charge is 0.481 e. The highest BCUT2D eigenvalue weighted by Crippen LogP contribution is 2.26. The second-order valence-corrected chi connectivity index (χ2v) is 6.39. The molecule has 2 rings (SSSR count). The minimum atomic E-state index is -0.632. The zero-order valence-electron chi connectivity index (χ0n) is 13.3. The number of aliphatic carboxylic acids is 1. The summed E-state index contributed by atoms with van der Waals surface area (Å²) in [5.74, 6) is 0.409. The molecule has 0 bridgehead atoms. The number of hydrogen-bond acceptors (Lipinski definition) is 3. The van der Waals surface area contributed by atoms with E-state index in [1.807, 2.05) is 0 Å². The van der Waals surface area contributed by atoms with Crippen LogP contribution in [-0.4, -0.2) is 24.2 Å². The predicted molar refractivity (Wildman–Crippen MR) is 82.0 cm³/mol. The molecule has 0 spiro atoms. The van der Waals surface area contributed by atoms with Crippen molar-refractivity contribution in [2.45, 2.75) is 77.0 Å². The Morgan fingerprint density at radius 2 is 1.29 bits per heavy atom. The first kappa shape index (κ1) is 18.0. The van der Waals surface area contributed by atoms with E-state index in [-0.39, 0.29) is 5.97 Å². The van der Waals surface area contributed by atoms with Gasteiger partial charge in [-0.25, -0.2) is 0 Å². The molecule has 2 aliphatic carbocycles. The van der Waals surface area contributed by atoms with Crippen molar-refractivity contribution in [3.63, 3.8) is 0 Å². The van der Waals surface area contributed by atoms with Crippen LogP contribution >= 0.6 is 0 Å². The standard InChI is InChI=1S/C9H16O2.C8H14O2/c1-11-9(10)7-8-5-3-2-4-6-8;9-8(10)6-7-4-2-1-3-5-7/h8H,2-7H2,1H3;7H,1-6H2,(H,9,10). The lowest BCUT2D eigenvalue weighted by Crippen LogP contribution is -2.12. The Labute approximate surface area is 128 Å². The van der Waals surface area contributed by atoms with Crippen LogP contribution in [-0.2, 0) is 14.3 Å². The van der Waals surface area contributed by atoms with Crippen molar-refractivity contribution < 1.29 is 19.4 Å². The summed E-state index contributed by atoms with van der Waals surface area (Å²) in [4.78, 5) is 21.1. The van der Waals surface area contributed by atoms with Crippen LogP contribution in [0.3, 0.4) is 0 Å². The first-order chi connectivity index (χ1) is 10.1. The fourth-order valence-corrected chi connectivity index (χ4v) is 3.35. The number of carbonyl (C=O) groups excluding carboxylic acids is 1. The van der Waals surface area contributed by atoms with E-state index in [1.165, 1.54) is 58.5 Å². The molecule has 4 nitrogen and oxygen atoms in total. The van der Waals surface area contributed by atoms with Gasteiger partial charge in [0, 0.05) is 12.8 Å². The minimum absolute atomic E-state index is 0.0445. The molecular weight excluding hydrogens is 268 g/mol. The van der Waals surface area contributed by atoms with E-state index in [1.54, 1.807) is 0 Å². The lowest BCUT2D eigenvalue weighted by atomic mass is 9.87. The number of carbonyl (C=O) groups is 2. The molecule has 0 unspecified atom stereocenters. The van der Waals surface area contributed by atoms with Crippen LogP contribution in [0.2, 0.25) is 0 Å². The van der Waals surface area contributed by atoms with Gasteiger partial charge in [-0.2, -0.15) is 0 Å². The van der Waals surface area contributed by atoms with Crippen molar-refractivity contribution >= 4 is 11.9 Å². The van der Waals surface area contributed by atoms with Gasteiger partial charge in [0.1, 0.15) is 0 Å². The van der Waals surface area contributed by atoms with Crippen LogP contribution < -0.4 is 0 Å². The first-order valence-electron chi connectivity index (χ1n) is 8.40. The second-order valence-electron chi connectivity index (χ2n) is 6.39. The summed E-state index contributed by atoms with van der Waals surface area (Å²) in [6.45, 7) is 0. The van der Waals surface area contributed by atoms with Gasteiger partial charge in [-0.15, -0.1) is 0 Å². The van der Waals surface area contributed by atoms with Gasteiger partial charge in [0.2, 0.25) is 0 Å². The third-order valence-corrected chi connectivity index (χ3v) is 4.60. The summed E-state index contributed by atoms with van der Waals surface area (Å²) in [7, 11) is 1.46. The van der Waals surface area contributed by atoms with E-state index in [4.69, 9.17) is 5.11 Å². The normalized spacial score (nSPS) is 20.2. The molecule has 0 aliphatic heterocycles. The van der Waals surface area contributed by atoms with E-state index in [0.717, 1.165) is 12.8 Å². The summed E-state index contributed by atoms with van der Waals surface area (Å²) in [6, 6.07) is 0. The summed E-state index contributed by atoms with van der Waals surface area (Å²) in [6.07, 6.45) is 13.4. The molecule has 0 aromatic heterocycles. The van der Waals surface area contributed by atoms with Crippen molar-refractivity contribution in [3.05, 3.63) is 0 Å². The average Bonchev–Trinajstić information content (AvgIpc) is 2.49. The van der Waals surface area contributed by atoms with E-state index in [2.05, 4.69) is 4.74 Å². The highest BCUT2D eigenvalue weighted by Gasteiger charge is 2.17. The Bertz CT molecular complexity index is 302. The number of carboxylic acid groups (broad SMARTS) is 1. The van der Waals surface area contributed by atoms with E-state index < -0.39 is 5.97 Å². The highest BCUT2D eigenvalue weighted by molar-refractivity contribution is 5.69. The zero-order chi connectivity index (χ0) is 15.5. The molecule has 0 aromatic carbocycles. The molecule has 4 heteroatoms. The third-order valence-electron chi connectivity index (χ3n) is 4.60. The average molecular weight is 298 g/mol. The molecule has 2 aliphatic rings. The summed E-state index contributed by atoms with van der Waals surface area (Å²) in [5.41, 5.74) is 0. The molecule has 0 atom stereocenters. The lowest BCUT2D eigenvalue weighted by molar-refractivity contribution is -0.142. The SMILES string of the molecule is COC(=O)CC1CCCCC1.O=C(O)CC1CCCCC1. The monoisotopic (exact) mass is 298 g/mol. The topological polar surface area (TPSA) is 63.6 Å². The molecule has 1 N–H and O–H groups in total. The van der Waals surface area contributed by atoms with Gasteiger partial charge in [0.05, 0.1) is 7.11 Å². The molecule has 0 saturated heterocycles. The van der Waals surface area contributed by atoms with Crippen LogP contribution in [0.15, 0.2) is 0 Å². The molecule has 0 amide bonds. The van der Waals surface area contributed by atoms with Gasteiger partial charge < -0.3 is 9.84 Å². The lowest BCUT2D eigenvalue weighted by Gasteiger charge is -2.19. The van der Waals surface area contributed by atoms with Gasteiger partial charge >= 0.3 is 11.9 Å². The number of rotatable bonds is 4. The van der Waals surface area contributed by atoms with Gasteiger partial charge in [-0.1, -0.05) is 38.5 Å². The van der Waals surface area contributed by atoms with E-state index in [9.17, 15) is 9.59 Å². The summed E-state index contributed by atoms with van der Waals surface area (Å²) in [5, 5.41) is 8.47. The fourth-order valence-electron chi connectivity index (χ4n) is 3.35. The number of ether oxygens (including phenoxy) is 1. The molecular formula is C17H30O4. The quantitative estimate of drug-likeness (QED) is 0.791. The molecule has 2 fully saturated rings. The van der Waals surface area contributed by atoms with Crippen molar-refractivity contribution in [1.82, 2.24) is 0 Å². The number of hydrogen-bond donors (Lipinski definition) is 1. The number of esters is 1. The highest BCUT2D eigenvalue weighted by atomic mass is 16.5.